The average Bonchev–Trinajstić information content (AvgIpc) is 2.71. The highest BCUT2D eigenvalue weighted by Gasteiger charge is 2.48. The SMILES string of the molecule is Cc1c(C[C@@H](C)Br)ccc2c1OC(C)(C(=O)OC(=O)O)O2. The number of hydrogen-bond acceptors (Lipinski definition) is 5. The molecule has 1 aromatic rings. The van der Waals surface area contributed by atoms with Crippen molar-refractivity contribution in [3.05, 3.63) is 23.3 Å². The number of rotatable bonds is 3. The first-order valence-corrected chi connectivity index (χ1v) is 7.24. The molecule has 0 fully saturated rings. The summed E-state index contributed by atoms with van der Waals surface area (Å²) in [5, 5.41) is 8.51. The highest BCUT2D eigenvalue weighted by atomic mass is 79.9. The summed E-state index contributed by atoms with van der Waals surface area (Å²) in [6.07, 6.45) is -0.909. The minimum Gasteiger partial charge on any atom is -0.449 e. The molecule has 0 amide bonds. The number of fused-ring (bicyclic) bond motifs is 1. The quantitative estimate of drug-likeness (QED) is 0.508. The Hall–Kier alpha value is -1.76. The molecule has 2 rings (SSSR count). The Labute approximate surface area is 130 Å². The molecule has 0 spiro atoms. The number of alkyl halides is 1. The summed E-state index contributed by atoms with van der Waals surface area (Å²) in [6, 6.07) is 3.59. The molecular formula is C14H15BrO6. The lowest BCUT2D eigenvalue weighted by Gasteiger charge is -2.19. The maximum atomic E-state index is 11.8. The van der Waals surface area contributed by atoms with E-state index in [-0.39, 0.29) is 0 Å². The fraction of sp³-hybridized carbons (Fsp3) is 0.429. The van der Waals surface area contributed by atoms with Crippen LogP contribution in [-0.2, 0) is 16.0 Å². The van der Waals surface area contributed by atoms with Crippen molar-refractivity contribution in [2.75, 3.05) is 0 Å². The van der Waals surface area contributed by atoms with Crippen LogP contribution < -0.4 is 9.47 Å². The van der Waals surface area contributed by atoms with Crippen LogP contribution in [0.1, 0.15) is 25.0 Å². The van der Waals surface area contributed by atoms with Crippen molar-refractivity contribution < 1.29 is 28.9 Å². The Morgan fingerprint density at radius 2 is 2.10 bits per heavy atom. The second kappa shape index (κ2) is 5.55. The second-order valence-corrected chi connectivity index (χ2v) is 6.53. The number of hydrogen-bond donors (Lipinski definition) is 1. The maximum Gasteiger partial charge on any atom is 0.513 e. The van der Waals surface area contributed by atoms with Gasteiger partial charge in [-0.1, -0.05) is 28.9 Å². The van der Waals surface area contributed by atoms with Crippen LogP contribution in [0, 0.1) is 6.92 Å². The molecule has 114 valence electrons. The van der Waals surface area contributed by atoms with Gasteiger partial charge in [0.05, 0.1) is 0 Å². The number of benzene rings is 1. The van der Waals surface area contributed by atoms with Crippen LogP contribution in [0.25, 0.3) is 0 Å². The molecular weight excluding hydrogens is 344 g/mol. The van der Waals surface area contributed by atoms with Gasteiger partial charge < -0.3 is 19.3 Å². The van der Waals surface area contributed by atoms with Crippen LogP contribution in [0.4, 0.5) is 4.79 Å². The molecule has 0 radical (unpaired) electrons. The largest absolute Gasteiger partial charge is 0.513 e. The molecule has 0 aromatic heterocycles. The summed E-state index contributed by atoms with van der Waals surface area (Å²) >= 11 is 3.49. The third kappa shape index (κ3) is 3.12. The van der Waals surface area contributed by atoms with E-state index in [0.29, 0.717) is 16.3 Å². The molecule has 0 saturated heterocycles. The smallest absolute Gasteiger partial charge is 0.449 e. The van der Waals surface area contributed by atoms with Crippen molar-refractivity contribution in [2.24, 2.45) is 0 Å². The summed E-state index contributed by atoms with van der Waals surface area (Å²) < 4.78 is 15.1. The first-order valence-electron chi connectivity index (χ1n) is 6.32. The highest BCUT2D eigenvalue weighted by Crippen LogP contribution is 2.43. The zero-order valence-corrected chi connectivity index (χ0v) is 13.4. The van der Waals surface area contributed by atoms with Crippen molar-refractivity contribution in [1.29, 1.82) is 0 Å². The van der Waals surface area contributed by atoms with Gasteiger partial charge in [0.25, 0.3) is 0 Å². The number of carboxylic acid groups (broad SMARTS) is 1. The standard InChI is InChI=1S/C14H15BrO6/c1-7(15)6-9-4-5-10-11(8(9)2)21-14(3,20-10)12(16)19-13(17)18/h4-5,7H,6H2,1-3H3,(H,17,18)/t7-,14?/m1/s1. The lowest BCUT2D eigenvalue weighted by atomic mass is 10.0. The first-order chi connectivity index (χ1) is 9.73. The number of ether oxygens (including phenoxy) is 3. The maximum absolute atomic E-state index is 11.8. The first kappa shape index (κ1) is 15.6. The zero-order chi connectivity index (χ0) is 15.8. The molecule has 1 aliphatic heterocycles. The van der Waals surface area contributed by atoms with Gasteiger partial charge in [0.15, 0.2) is 11.5 Å². The van der Waals surface area contributed by atoms with Gasteiger partial charge >= 0.3 is 17.9 Å². The van der Waals surface area contributed by atoms with Crippen LogP contribution in [-0.4, -0.2) is 27.8 Å². The predicted molar refractivity (Wildman–Crippen MR) is 77.0 cm³/mol. The summed E-state index contributed by atoms with van der Waals surface area (Å²) in [5.41, 5.74) is 1.91. The van der Waals surface area contributed by atoms with Crippen LogP contribution in [0.15, 0.2) is 12.1 Å². The summed E-state index contributed by atoms with van der Waals surface area (Å²) in [4.78, 5) is 22.5. The normalized spacial score (nSPS) is 21.0. The molecule has 1 aliphatic rings. The van der Waals surface area contributed by atoms with Gasteiger partial charge in [0.2, 0.25) is 0 Å². The van der Waals surface area contributed by atoms with Crippen LogP contribution in [0.5, 0.6) is 11.5 Å². The van der Waals surface area contributed by atoms with E-state index < -0.39 is 17.9 Å². The van der Waals surface area contributed by atoms with Gasteiger partial charge in [-0.05, 0) is 30.5 Å². The number of carbonyl (C=O) groups excluding carboxylic acids is 1. The van der Waals surface area contributed by atoms with E-state index in [9.17, 15) is 9.59 Å². The molecule has 1 N–H and O–H groups in total. The molecule has 1 unspecified atom stereocenters. The summed E-state index contributed by atoms with van der Waals surface area (Å²) in [5.74, 6) is -2.07. The number of halogens is 1. The van der Waals surface area contributed by atoms with Gasteiger partial charge in [-0.3, -0.25) is 0 Å². The van der Waals surface area contributed by atoms with Gasteiger partial charge in [-0.25, -0.2) is 9.59 Å². The predicted octanol–water partition coefficient (Wildman–Crippen LogP) is 3.03. The van der Waals surface area contributed by atoms with Crippen molar-refractivity contribution in [3.8, 4) is 11.5 Å². The monoisotopic (exact) mass is 358 g/mol. The van der Waals surface area contributed by atoms with Gasteiger partial charge in [0.1, 0.15) is 0 Å². The molecule has 2 atom stereocenters. The fourth-order valence-corrected chi connectivity index (χ4v) is 2.47. The van der Waals surface area contributed by atoms with Crippen LogP contribution >= 0.6 is 15.9 Å². The van der Waals surface area contributed by atoms with E-state index in [1.807, 2.05) is 19.9 Å². The van der Waals surface area contributed by atoms with E-state index in [1.54, 1.807) is 6.07 Å². The Bertz CT molecular complexity index is 597. The summed E-state index contributed by atoms with van der Waals surface area (Å²) in [7, 11) is 0. The Morgan fingerprint density at radius 3 is 2.67 bits per heavy atom. The molecule has 7 heteroatoms. The van der Waals surface area contributed by atoms with Gasteiger partial charge in [-0.15, -0.1) is 0 Å². The molecule has 0 bridgehead atoms. The van der Waals surface area contributed by atoms with E-state index in [2.05, 4.69) is 20.7 Å². The third-order valence-electron chi connectivity index (χ3n) is 3.14. The molecule has 1 heterocycles. The molecule has 21 heavy (non-hydrogen) atoms. The minimum atomic E-state index is -1.79. The highest BCUT2D eigenvalue weighted by molar-refractivity contribution is 9.09. The van der Waals surface area contributed by atoms with Gasteiger partial charge in [0, 0.05) is 11.8 Å². The molecule has 6 nitrogen and oxygen atoms in total. The summed E-state index contributed by atoms with van der Waals surface area (Å²) in [6.45, 7) is 5.21. The van der Waals surface area contributed by atoms with Crippen LogP contribution in [0.2, 0.25) is 0 Å². The van der Waals surface area contributed by atoms with Gasteiger partial charge in [-0.2, -0.15) is 0 Å². The second-order valence-electron chi connectivity index (χ2n) is 4.97. The van der Waals surface area contributed by atoms with Crippen molar-refractivity contribution >= 4 is 28.1 Å². The molecule has 0 saturated carbocycles. The van der Waals surface area contributed by atoms with Crippen molar-refractivity contribution in [1.82, 2.24) is 0 Å². The zero-order valence-electron chi connectivity index (χ0n) is 11.8. The Balaban J connectivity index is 2.28. The third-order valence-corrected chi connectivity index (χ3v) is 3.46. The molecule has 1 aromatic carbocycles. The van der Waals surface area contributed by atoms with Crippen molar-refractivity contribution in [2.45, 2.75) is 37.8 Å². The van der Waals surface area contributed by atoms with E-state index in [4.69, 9.17) is 14.6 Å². The lowest BCUT2D eigenvalue weighted by Crippen LogP contribution is -2.45. The Morgan fingerprint density at radius 1 is 1.43 bits per heavy atom. The minimum absolute atomic E-state index is 0.292. The topological polar surface area (TPSA) is 82.1 Å². The lowest BCUT2D eigenvalue weighted by molar-refractivity contribution is -0.175. The fourth-order valence-electron chi connectivity index (χ4n) is 2.12. The van der Waals surface area contributed by atoms with E-state index in [0.717, 1.165) is 17.5 Å². The molecule has 0 aliphatic carbocycles. The van der Waals surface area contributed by atoms with E-state index >= 15 is 0 Å². The number of esters is 1. The van der Waals surface area contributed by atoms with Crippen molar-refractivity contribution in [3.63, 3.8) is 0 Å². The Kier molecular flexibility index (Phi) is 4.13. The number of carbonyl (C=O) groups is 2. The van der Waals surface area contributed by atoms with E-state index in [1.165, 1.54) is 6.92 Å². The van der Waals surface area contributed by atoms with Crippen LogP contribution in [0.3, 0.4) is 0 Å². The average molecular weight is 359 g/mol.